The van der Waals surface area contributed by atoms with Crippen LogP contribution in [0.4, 0.5) is 0 Å². The van der Waals surface area contributed by atoms with Gasteiger partial charge in [-0.3, -0.25) is 4.79 Å². The monoisotopic (exact) mass is 222 g/mol. The predicted octanol–water partition coefficient (Wildman–Crippen LogP) is 2.43. The molecule has 1 saturated carbocycles. The Morgan fingerprint density at radius 1 is 1.56 bits per heavy atom. The van der Waals surface area contributed by atoms with E-state index >= 15 is 0 Å². The first-order valence-electron chi connectivity index (χ1n) is 5.88. The van der Waals surface area contributed by atoms with Gasteiger partial charge in [-0.2, -0.15) is 0 Å². The Morgan fingerprint density at radius 2 is 2.25 bits per heavy atom. The zero-order valence-electron chi connectivity index (χ0n) is 9.79. The van der Waals surface area contributed by atoms with Crippen molar-refractivity contribution in [2.45, 2.75) is 51.4 Å². The van der Waals surface area contributed by atoms with Gasteiger partial charge in [0.15, 0.2) is 0 Å². The van der Waals surface area contributed by atoms with Crippen LogP contribution in [0.25, 0.3) is 0 Å². The number of H-pyrrole nitrogens is 1. The van der Waals surface area contributed by atoms with Gasteiger partial charge in [-0.1, -0.05) is 13.8 Å². The van der Waals surface area contributed by atoms with E-state index in [0.29, 0.717) is 18.3 Å². The molecule has 0 bridgehead atoms. The molecule has 88 valence electrons. The topological polar surface area (TPSA) is 66.0 Å². The summed E-state index contributed by atoms with van der Waals surface area (Å²) < 4.78 is 0. The van der Waals surface area contributed by atoms with Crippen LogP contribution in [0.2, 0.25) is 0 Å². The smallest absolute Gasteiger partial charge is 0.303 e. The van der Waals surface area contributed by atoms with E-state index in [1.165, 1.54) is 18.5 Å². The first kappa shape index (κ1) is 11.2. The molecule has 2 N–H and O–H groups in total. The molecule has 0 unspecified atom stereocenters. The summed E-state index contributed by atoms with van der Waals surface area (Å²) in [7, 11) is 0. The number of rotatable bonds is 5. The highest BCUT2D eigenvalue weighted by Gasteiger charge is 2.29. The molecule has 0 spiro atoms. The van der Waals surface area contributed by atoms with Gasteiger partial charge in [0.2, 0.25) is 0 Å². The van der Waals surface area contributed by atoms with Crippen molar-refractivity contribution in [3.8, 4) is 0 Å². The van der Waals surface area contributed by atoms with Gasteiger partial charge in [-0.05, 0) is 18.8 Å². The zero-order chi connectivity index (χ0) is 11.7. The van der Waals surface area contributed by atoms with Gasteiger partial charge in [-0.15, -0.1) is 0 Å². The lowest BCUT2D eigenvalue weighted by atomic mass is 10.1. The van der Waals surface area contributed by atoms with Crippen molar-refractivity contribution in [3.05, 3.63) is 17.2 Å². The number of imidazole rings is 1. The number of carbonyl (C=O) groups is 1. The van der Waals surface area contributed by atoms with Crippen LogP contribution in [0.15, 0.2) is 0 Å². The summed E-state index contributed by atoms with van der Waals surface area (Å²) in [5.41, 5.74) is 2.37. The van der Waals surface area contributed by atoms with Crippen LogP contribution in [-0.4, -0.2) is 21.0 Å². The first-order valence-corrected chi connectivity index (χ1v) is 5.88. The number of carboxylic acids is 1. The summed E-state index contributed by atoms with van der Waals surface area (Å²) in [6.45, 7) is 4.26. The van der Waals surface area contributed by atoms with E-state index in [1.807, 2.05) is 0 Å². The van der Waals surface area contributed by atoms with Crippen molar-refractivity contribution in [3.63, 3.8) is 0 Å². The summed E-state index contributed by atoms with van der Waals surface area (Å²) in [5.74, 6) is 1.11. The highest BCUT2D eigenvalue weighted by Crippen LogP contribution is 2.42. The molecule has 2 rings (SSSR count). The standard InChI is InChI=1S/C12H18N2O2/c1-7(2)11-12(8-3-4-8)14-9(13-11)5-6-10(15)16/h7-8H,3-6H2,1-2H3,(H,13,14)(H,15,16). The van der Waals surface area contributed by atoms with Crippen LogP contribution < -0.4 is 0 Å². The molecule has 4 nitrogen and oxygen atoms in total. The van der Waals surface area contributed by atoms with Gasteiger partial charge >= 0.3 is 5.97 Å². The summed E-state index contributed by atoms with van der Waals surface area (Å²) in [5, 5.41) is 8.64. The van der Waals surface area contributed by atoms with E-state index in [2.05, 4.69) is 23.8 Å². The fraction of sp³-hybridized carbons (Fsp3) is 0.667. The number of aromatic amines is 1. The van der Waals surface area contributed by atoms with E-state index in [9.17, 15) is 4.79 Å². The van der Waals surface area contributed by atoms with Crippen LogP contribution in [-0.2, 0) is 11.2 Å². The van der Waals surface area contributed by atoms with Crippen molar-refractivity contribution < 1.29 is 9.90 Å². The zero-order valence-corrected chi connectivity index (χ0v) is 9.79. The lowest BCUT2D eigenvalue weighted by Gasteiger charge is -2.02. The highest BCUT2D eigenvalue weighted by molar-refractivity contribution is 5.66. The Kier molecular flexibility index (Phi) is 2.99. The summed E-state index contributed by atoms with van der Waals surface area (Å²) in [6, 6.07) is 0. The van der Waals surface area contributed by atoms with Crippen LogP contribution in [0, 0.1) is 0 Å². The fourth-order valence-corrected chi connectivity index (χ4v) is 1.92. The van der Waals surface area contributed by atoms with Gasteiger partial charge in [-0.25, -0.2) is 4.98 Å². The maximum atomic E-state index is 10.5. The molecule has 0 amide bonds. The summed E-state index contributed by atoms with van der Waals surface area (Å²) in [4.78, 5) is 18.3. The fourth-order valence-electron chi connectivity index (χ4n) is 1.92. The summed E-state index contributed by atoms with van der Waals surface area (Å²) >= 11 is 0. The highest BCUT2D eigenvalue weighted by atomic mass is 16.4. The van der Waals surface area contributed by atoms with Crippen molar-refractivity contribution in [1.29, 1.82) is 0 Å². The second-order valence-electron chi connectivity index (χ2n) is 4.81. The third-order valence-corrected chi connectivity index (χ3v) is 2.92. The van der Waals surface area contributed by atoms with Crippen molar-refractivity contribution in [2.24, 2.45) is 0 Å². The Balaban J connectivity index is 2.14. The van der Waals surface area contributed by atoms with Crippen LogP contribution in [0.5, 0.6) is 0 Å². The molecule has 1 aromatic rings. The third-order valence-electron chi connectivity index (χ3n) is 2.92. The van der Waals surface area contributed by atoms with E-state index in [0.717, 1.165) is 11.5 Å². The Hall–Kier alpha value is -1.32. The molecular weight excluding hydrogens is 204 g/mol. The Bertz CT molecular complexity index is 372. The molecule has 4 heteroatoms. The van der Waals surface area contributed by atoms with Gasteiger partial charge in [0.05, 0.1) is 12.1 Å². The lowest BCUT2D eigenvalue weighted by molar-refractivity contribution is -0.137. The predicted molar refractivity (Wildman–Crippen MR) is 60.6 cm³/mol. The van der Waals surface area contributed by atoms with Crippen LogP contribution in [0.3, 0.4) is 0 Å². The molecule has 1 aromatic heterocycles. The minimum atomic E-state index is -0.768. The number of carboxylic acid groups (broad SMARTS) is 1. The molecule has 16 heavy (non-hydrogen) atoms. The largest absolute Gasteiger partial charge is 0.481 e. The number of aryl methyl sites for hydroxylation is 1. The normalized spacial score (nSPS) is 15.7. The van der Waals surface area contributed by atoms with E-state index in [4.69, 9.17) is 5.11 Å². The molecule has 0 radical (unpaired) electrons. The maximum absolute atomic E-state index is 10.5. The molecule has 1 aliphatic rings. The minimum absolute atomic E-state index is 0.148. The second-order valence-corrected chi connectivity index (χ2v) is 4.81. The number of hydrogen-bond donors (Lipinski definition) is 2. The quantitative estimate of drug-likeness (QED) is 0.804. The van der Waals surface area contributed by atoms with Gasteiger partial charge in [0.1, 0.15) is 5.82 Å². The average molecular weight is 222 g/mol. The number of aromatic nitrogens is 2. The molecule has 0 saturated heterocycles. The van der Waals surface area contributed by atoms with Gasteiger partial charge < -0.3 is 10.1 Å². The molecule has 0 atom stereocenters. The minimum Gasteiger partial charge on any atom is -0.481 e. The number of nitrogens with one attached hydrogen (secondary N) is 1. The Morgan fingerprint density at radius 3 is 2.75 bits per heavy atom. The molecule has 1 heterocycles. The van der Waals surface area contributed by atoms with E-state index < -0.39 is 5.97 Å². The number of nitrogens with zero attached hydrogens (tertiary/aromatic N) is 1. The molecule has 0 aliphatic heterocycles. The van der Waals surface area contributed by atoms with E-state index in [1.54, 1.807) is 0 Å². The molecule has 1 aliphatic carbocycles. The van der Waals surface area contributed by atoms with E-state index in [-0.39, 0.29) is 6.42 Å². The SMILES string of the molecule is CC(C)c1nc(CCC(=O)O)[nH]c1C1CC1. The van der Waals surface area contributed by atoms with Gasteiger partial charge in [0, 0.05) is 18.0 Å². The molecular formula is C12H18N2O2. The maximum Gasteiger partial charge on any atom is 0.303 e. The number of hydrogen-bond acceptors (Lipinski definition) is 2. The Labute approximate surface area is 95.1 Å². The summed E-state index contributed by atoms with van der Waals surface area (Å²) in [6.07, 6.45) is 3.12. The second kappa shape index (κ2) is 4.28. The number of aliphatic carboxylic acids is 1. The molecule has 0 aromatic carbocycles. The average Bonchev–Trinajstić information content (AvgIpc) is 2.95. The van der Waals surface area contributed by atoms with Gasteiger partial charge in [0.25, 0.3) is 0 Å². The first-order chi connectivity index (χ1) is 7.58. The third kappa shape index (κ3) is 2.43. The van der Waals surface area contributed by atoms with Crippen molar-refractivity contribution in [1.82, 2.24) is 9.97 Å². The van der Waals surface area contributed by atoms with Crippen molar-refractivity contribution in [2.75, 3.05) is 0 Å². The lowest BCUT2D eigenvalue weighted by Crippen LogP contribution is -1.99. The van der Waals surface area contributed by atoms with Crippen LogP contribution in [0.1, 0.15) is 62.2 Å². The van der Waals surface area contributed by atoms with Crippen LogP contribution >= 0.6 is 0 Å². The van der Waals surface area contributed by atoms with Crippen molar-refractivity contribution >= 4 is 5.97 Å². The molecule has 1 fully saturated rings.